The molecule has 0 aliphatic carbocycles. The van der Waals surface area contributed by atoms with Gasteiger partial charge in [-0.1, -0.05) is 20.4 Å². The first kappa shape index (κ1) is 15.7. The van der Waals surface area contributed by atoms with Crippen LogP contribution in [-0.2, 0) is 14.3 Å². The standard InChI is InChI=1S/C14H24N2O3/c1-5-13(17)15(4)9-14(18)16-6-7-19-10-12(8-16)11(2)3/h5,11-12H,1,6-10H2,2-4H3. The lowest BCUT2D eigenvalue weighted by Gasteiger charge is -2.27. The Balaban J connectivity index is 2.59. The third-order valence-corrected chi connectivity index (χ3v) is 3.51. The molecule has 1 aliphatic heterocycles. The maximum atomic E-state index is 12.2. The van der Waals surface area contributed by atoms with Gasteiger partial charge >= 0.3 is 0 Å². The molecule has 1 unspecified atom stereocenters. The van der Waals surface area contributed by atoms with Crippen molar-refractivity contribution in [1.29, 1.82) is 0 Å². The molecule has 0 N–H and O–H groups in total. The van der Waals surface area contributed by atoms with Gasteiger partial charge < -0.3 is 14.5 Å². The van der Waals surface area contributed by atoms with Crippen molar-refractivity contribution in [3.63, 3.8) is 0 Å². The van der Waals surface area contributed by atoms with E-state index in [1.165, 1.54) is 11.0 Å². The lowest BCUT2D eigenvalue weighted by atomic mass is 9.96. The zero-order chi connectivity index (χ0) is 14.4. The Kier molecular flexibility index (Phi) is 6.02. The van der Waals surface area contributed by atoms with Crippen molar-refractivity contribution >= 4 is 11.8 Å². The molecule has 1 aliphatic rings. The van der Waals surface area contributed by atoms with Crippen LogP contribution < -0.4 is 0 Å². The zero-order valence-corrected chi connectivity index (χ0v) is 12.1. The highest BCUT2D eigenvalue weighted by atomic mass is 16.5. The first-order chi connectivity index (χ1) is 8.95. The SMILES string of the molecule is C=CC(=O)N(C)CC(=O)N1CCOCC(C(C)C)C1. The van der Waals surface area contributed by atoms with Crippen LogP contribution in [0.1, 0.15) is 13.8 Å². The summed E-state index contributed by atoms with van der Waals surface area (Å²) in [6.45, 7) is 10.3. The van der Waals surface area contributed by atoms with E-state index in [2.05, 4.69) is 20.4 Å². The minimum Gasteiger partial charge on any atom is -0.379 e. The summed E-state index contributed by atoms with van der Waals surface area (Å²) in [5, 5.41) is 0. The molecule has 1 saturated heterocycles. The second-order valence-corrected chi connectivity index (χ2v) is 5.32. The first-order valence-electron chi connectivity index (χ1n) is 6.68. The Morgan fingerprint density at radius 3 is 2.79 bits per heavy atom. The van der Waals surface area contributed by atoms with Gasteiger partial charge in [0.15, 0.2) is 0 Å². The van der Waals surface area contributed by atoms with E-state index >= 15 is 0 Å². The zero-order valence-electron chi connectivity index (χ0n) is 12.1. The summed E-state index contributed by atoms with van der Waals surface area (Å²) in [6.07, 6.45) is 1.22. The molecular weight excluding hydrogens is 244 g/mol. The van der Waals surface area contributed by atoms with Crippen LogP contribution in [0.2, 0.25) is 0 Å². The number of amides is 2. The number of rotatable bonds is 4. The van der Waals surface area contributed by atoms with Crippen molar-refractivity contribution in [1.82, 2.24) is 9.80 Å². The monoisotopic (exact) mass is 268 g/mol. The van der Waals surface area contributed by atoms with Crippen LogP contribution in [0.4, 0.5) is 0 Å². The minimum atomic E-state index is -0.236. The van der Waals surface area contributed by atoms with Crippen LogP contribution in [0.5, 0.6) is 0 Å². The molecule has 0 saturated carbocycles. The summed E-state index contributed by atoms with van der Waals surface area (Å²) in [5.74, 6) is 0.557. The maximum Gasteiger partial charge on any atom is 0.246 e. The van der Waals surface area contributed by atoms with Gasteiger partial charge in [-0.15, -0.1) is 0 Å². The van der Waals surface area contributed by atoms with E-state index in [9.17, 15) is 9.59 Å². The highest BCUT2D eigenvalue weighted by Gasteiger charge is 2.25. The Labute approximate surface area is 115 Å². The van der Waals surface area contributed by atoms with Gasteiger partial charge in [-0.25, -0.2) is 0 Å². The van der Waals surface area contributed by atoms with Gasteiger partial charge in [0.1, 0.15) is 0 Å². The first-order valence-corrected chi connectivity index (χ1v) is 6.68. The molecule has 5 nitrogen and oxygen atoms in total. The van der Waals surface area contributed by atoms with Gasteiger partial charge in [0.05, 0.1) is 19.8 Å². The molecule has 0 aromatic carbocycles. The number of likely N-dealkylation sites (N-methyl/N-ethyl adjacent to an activating group) is 1. The number of nitrogens with zero attached hydrogens (tertiary/aromatic N) is 2. The van der Waals surface area contributed by atoms with E-state index in [1.807, 2.05) is 0 Å². The van der Waals surface area contributed by atoms with E-state index in [1.54, 1.807) is 11.9 Å². The summed E-state index contributed by atoms with van der Waals surface area (Å²) >= 11 is 0. The molecule has 1 heterocycles. The molecule has 0 aromatic rings. The fraction of sp³-hybridized carbons (Fsp3) is 0.714. The van der Waals surface area contributed by atoms with Gasteiger partial charge in [-0.05, 0) is 12.0 Å². The highest BCUT2D eigenvalue weighted by Crippen LogP contribution is 2.16. The average Bonchev–Trinajstić information content (AvgIpc) is 2.63. The van der Waals surface area contributed by atoms with Gasteiger partial charge in [0.2, 0.25) is 11.8 Å². The van der Waals surface area contributed by atoms with Crippen molar-refractivity contribution < 1.29 is 14.3 Å². The number of carbonyl (C=O) groups is 2. The molecule has 0 radical (unpaired) electrons. The van der Waals surface area contributed by atoms with Crippen LogP contribution in [0.3, 0.4) is 0 Å². The summed E-state index contributed by atoms with van der Waals surface area (Å²) in [6, 6.07) is 0. The second-order valence-electron chi connectivity index (χ2n) is 5.32. The van der Waals surface area contributed by atoms with Crippen LogP contribution in [0.15, 0.2) is 12.7 Å². The Morgan fingerprint density at radius 2 is 2.21 bits per heavy atom. The number of hydrogen-bond donors (Lipinski definition) is 0. The molecule has 19 heavy (non-hydrogen) atoms. The van der Waals surface area contributed by atoms with Gasteiger partial charge in [-0.3, -0.25) is 9.59 Å². The molecule has 1 atom stereocenters. The molecular formula is C14H24N2O3. The predicted octanol–water partition coefficient (Wildman–Crippen LogP) is 0.762. The van der Waals surface area contributed by atoms with Gasteiger partial charge in [0.25, 0.3) is 0 Å². The number of hydrogen-bond acceptors (Lipinski definition) is 3. The average molecular weight is 268 g/mol. The summed E-state index contributed by atoms with van der Waals surface area (Å²) < 4.78 is 5.53. The van der Waals surface area contributed by atoms with E-state index in [-0.39, 0.29) is 18.4 Å². The van der Waals surface area contributed by atoms with E-state index in [0.29, 0.717) is 38.1 Å². The Morgan fingerprint density at radius 1 is 1.53 bits per heavy atom. The molecule has 1 fully saturated rings. The number of carbonyl (C=O) groups excluding carboxylic acids is 2. The predicted molar refractivity (Wildman–Crippen MR) is 73.6 cm³/mol. The maximum absolute atomic E-state index is 12.2. The van der Waals surface area contributed by atoms with Crippen LogP contribution >= 0.6 is 0 Å². The molecule has 2 amide bonds. The normalized spacial score (nSPS) is 20.0. The van der Waals surface area contributed by atoms with Crippen LogP contribution in [0, 0.1) is 11.8 Å². The summed E-state index contributed by atoms with van der Waals surface area (Å²) in [4.78, 5) is 26.8. The quantitative estimate of drug-likeness (QED) is 0.707. The van der Waals surface area contributed by atoms with E-state index in [4.69, 9.17) is 4.74 Å². The fourth-order valence-electron chi connectivity index (χ4n) is 2.00. The smallest absolute Gasteiger partial charge is 0.246 e. The van der Waals surface area contributed by atoms with E-state index in [0.717, 1.165) is 0 Å². The summed E-state index contributed by atoms with van der Waals surface area (Å²) in [7, 11) is 1.61. The van der Waals surface area contributed by atoms with Gasteiger partial charge in [0, 0.05) is 26.1 Å². The van der Waals surface area contributed by atoms with Crippen molar-refractivity contribution in [2.45, 2.75) is 13.8 Å². The number of ether oxygens (including phenoxy) is 1. The Bertz CT molecular complexity index is 342. The van der Waals surface area contributed by atoms with Crippen molar-refractivity contribution in [3.8, 4) is 0 Å². The van der Waals surface area contributed by atoms with Crippen LogP contribution in [-0.4, -0.2) is 61.5 Å². The topological polar surface area (TPSA) is 49.9 Å². The molecule has 108 valence electrons. The second kappa shape index (κ2) is 7.28. The van der Waals surface area contributed by atoms with E-state index < -0.39 is 0 Å². The summed E-state index contributed by atoms with van der Waals surface area (Å²) in [5.41, 5.74) is 0. The minimum absolute atomic E-state index is 0.0335. The van der Waals surface area contributed by atoms with Crippen LogP contribution in [0.25, 0.3) is 0 Å². The molecule has 0 spiro atoms. The molecule has 0 aromatic heterocycles. The van der Waals surface area contributed by atoms with Crippen molar-refractivity contribution in [2.24, 2.45) is 11.8 Å². The molecule has 0 bridgehead atoms. The lowest BCUT2D eigenvalue weighted by molar-refractivity contribution is -0.137. The largest absolute Gasteiger partial charge is 0.379 e. The third-order valence-electron chi connectivity index (χ3n) is 3.51. The highest BCUT2D eigenvalue weighted by molar-refractivity contribution is 5.90. The Hall–Kier alpha value is -1.36. The van der Waals surface area contributed by atoms with Crippen molar-refractivity contribution in [3.05, 3.63) is 12.7 Å². The third kappa shape index (κ3) is 4.67. The van der Waals surface area contributed by atoms with Crippen molar-refractivity contribution in [2.75, 3.05) is 39.9 Å². The lowest BCUT2D eigenvalue weighted by Crippen LogP contribution is -2.43. The van der Waals surface area contributed by atoms with Gasteiger partial charge in [-0.2, -0.15) is 0 Å². The molecule has 1 rings (SSSR count). The fourth-order valence-corrected chi connectivity index (χ4v) is 2.00. The molecule has 5 heteroatoms.